The first-order chi connectivity index (χ1) is 11.1. The van der Waals surface area contributed by atoms with Gasteiger partial charge >= 0.3 is 0 Å². The number of nitrogens with one attached hydrogen (secondary N) is 1. The highest BCUT2D eigenvalue weighted by atomic mass is 35.5. The molecule has 122 valence electrons. The van der Waals surface area contributed by atoms with Gasteiger partial charge in [0.05, 0.1) is 23.8 Å². The summed E-state index contributed by atoms with van der Waals surface area (Å²) >= 11 is 6.05. The largest absolute Gasteiger partial charge is 0.487 e. The highest BCUT2D eigenvalue weighted by molar-refractivity contribution is 6.35. The normalized spacial score (nSPS) is 15.6. The van der Waals surface area contributed by atoms with Gasteiger partial charge in [0.1, 0.15) is 6.10 Å². The third kappa shape index (κ3) is 3.41. The molecule has 0 aliphatic carbocycles. The molecular formula is C17H17ClFNO3. The fraction of sp³-hybridized carbons (Fsp3) is 0.353. The minimum atomic E-state index is -0.715. The van der Waals surface area contributed by atoms with Gasteiger partial charge in [0.25, 0.3) is 0 Å². The van der Waals surface area contributed by atoms with Crippen LogP contribution in [0.3, 0.4) is 0 Å². The Bertz CT molecular complexity index is 723. The zero-order valence-corrected chi connectivity index (χ0v) is 13.5. The molecule has 0 amide bonds. The number of benzene rings is 1. The molecule has 6 heteroatoms. The lowest BCUT2D eigenvalue weighted by atomic mass is 10.0. The van der Waals surface area contributed by atoms with E-state index in [4.69, 9.17) is 21.1 Å². The van der Waals surface area contributed by atoms with Crippen LogP contribution in [0.2, 0.25) is 5.02 Å². The summed E-state index contributed by atoms with van der Waals surface area (Å²) in [6.07, 6.45) is 2.82. The lowest BCUT2D eigenvalue weighted by Gasteiger charge is -2.24. The zero-order valence-electron chi connectivity index (χ0n) is 12.7. The molecule has 0 radical (unpaired) electrons. The van der Waals surface area contributed by atoms with Crippen molar-refractivity contribution in [1.82, 2.24) is 4.98 Å². The number of halogens is 2. The van der Waals surface area contributed by atoms with Crippen molar-refractivity contribution in [2.75, 3.05) is 13.2 Å². The summed E-state index contributed by atoms with van der Waals surface area (Å²) in [5.41, 5.74) is 1.03. The lowest BCUT2D eigenvalue weighted by molar-refractivity contribution is 0.0239. The monoisotopic (exact) mass is 337 g/mol. The van der Waals surface area contributed by atoms with Gasteiger partial charge in [-0.2, -0.15) is 0 Å². The predicted octanol–water partition coefficient (Wildman–Crippen LogP) is 3.90. The van der Waals surface area contributed by atoms with Crippen LogP contribution >= 0.6 is 11.6 Å². The SMILES string of the molecule is Cc1cc(C(=O)c2c(Cl)ccc(OC3CCOCC3)c2F)c[nH]1. The molecule has 0 atom stereocenters. The van der Waals surface area contributed by atoms with Crippen molar-refractivity contribution in [2.45, 2.75) is 25.9 Å². The quantitative estimate of drug-likeness (QED) is 0.861. The number of H-pyrrole nitrogens is 1. The number of aromatic nitrogens is 1. The van der Waals surface area contributed by atoms with Gasteiger partial charge in [-0.15, -0.1) is 0 Å². The van der Waals surface area contributed by atoms with Gasteiger partial charge in [-0.05, 0) is 25.1 Å². The summed E-state index contributed by atoms with van der Waals surface area (Å²) in [5.74, 6) is -1.13. The van der Waals surface area contributed by atoms with Crippen LogP contribution in [0, 0.1) is 12.7 Å². The fourth-order valence-electron chi connectivity index (χ4n) is 2.59. The average Bonchev–Trinajstić information content (AvgIpc) is 2.98. The van der Waals surface area contributed by atoms with Crippen LogP contribution in [-0.4, -0.2) is 30.1 Å². The highest BCUT2D eigenvalue weighted by Crippen LogP contribution is 2.31. The van der Waals surface area contributed by atoms with Crippen molar-refractivity contribution < 1.29 is 18.7 Å². The van der Waals surface area contributed by atoms with E-state index in [1.807, 2.05) is 6.92 Å². The second kappa shape index (κ2) is 6.72. The number of ketones is 1. The Kier molecular flexibility index (Phi) is 4.68. The van der Waals surface area contributed by atoms with Gasteiger partial charge in [0.15, 0.2) is 17.3 Å². The van der Waals surface area contributed by atoms with Crippen molar-refractivity contribution in [3.05, 3.63) is 52.1 Å². The number of aromatic amines is 1. The number of hydrogen-bond donors (Lipinski definition) is 1. The van der Waals surface area contributed by atoms with E-state index in [1.165, 1.54) is 12.1 Å². The first kappa shape index (κ1) is 16.0. The Morgan fingerprint density at radius 3 is 2.78 bits per heavy atom. The summed E-state index contributed by atoms with van der Waals surface area (Å²) in [4.78, 5) is 15.4. The van der Waals surface area contributed by atoms with Crippen LogP contribution in [0.5, 0.6) is 5.75 Å². The first-order valence-electron chi connectivity index (χ1n) is 7.48. The van der Waals surface area contributed by atoms with Gasteiger partial charge in [-0.1, -0.05) is 11.6 Å². The van der Waals surface area contributed by atoms with Crippen LogP contribution in [0.15, 0.2) is 24.4 Å². The zero-order chi connectivity index (χ0) is 16.4. The summed E-state index contributed by atoms with van der Waals surface area (Å²) in [6.45, 7) is 3.00. The number of carbonyl (C=O) groups excluding carboxylic acids is 1. The molecule has 0 unspecified atom stereocenters. The van der Waals surface area contributed by atoms with Crippen molar-refractivity contribution in [1.29, 1.82) is 0 Å². The number of rotatable bonds is 4. The molecule has 1 fully saturated rings. The predicted molar refractivity (Wildman–Crippen MR) is 84.8 cm³/mol. The molecule has 3 rings (SSSR count). The van der Waals surface area contributed by atoms with Crippen molar-refractivity contribution in [3.8, 4) is 5.75 Å². The van der Waals surface area contributed by atoms with E-state index in [1.54, 1.807) is 12.3 Å². The Morgan fingerprint density at radius 2 is 2.13 bits per heavy atom. The molecule has 23 heavy (non-hydrogen) atoms. The van der Waals surface area contributed by atoms with Crippen LogP contribution in [0.4, 0.5) is 4.39 Å². The van der Waals surface area contributed by atoms with Gasteiger partial charge in [-0.25, -0.2) is 4.39 Å². The van der Waals surface area contributed by atoms with E-state index in [2.05, 4.69) is 4.98 Å². The minimum absolute atomic E-state index is 0.0527. The summed E-state index contributed by atoms with van der Waals surface area (Å²) in [5, 5.41) is 0.0747. The maximum absolute atomic E-state index is 14.8. The summed E-state index contributed by atoms with van der Waals surface area (Å²) in [7, 11) is 0. The van der Waals surface area contributed by atoms with E-state index in [0.717, 1.165) is 5.69 Å². The van der Waals surface area contributed by atoms with E-state index < -0.39 is 11.6 Å². The number of aryl methyl sites for hydroxylation is 1. The molecule has 1 aromatic heterocycles. The molecule has 1 saturated heterocycles. The number of hydrogen-bond acceptors (Lipinski definition) is 3. The molecule has 1 aliphatic rings. The summed E-state index contributed by atoms with van der Waals surface area (Å²) in [6, 6.07) is 4.61. The molecule has 1 aromatic carbocycles. The summed E-state index contributed by atoms with van der Waals surface area (Å²) < 4.78 is 25.7. The van der Waals surface area contributed by atoms with Gasteiger partial charge < -0.3 is 14.5 Å². The van der Waals surface area contributed by atoms with Gasteiger partial charge in [0.2, 0.25) is 0 Å². The second-order valence-electron chi connectivity index (χ2n) is 5.56. The van der Waals surface area contributed by atoms with Crippen LogP contribution in [0.25, 0.3) is 0 Å². The molecule has 1 N–H and O–H groups in total. The van der Waals surface area contributed by atoms with Crippen molar-refractivity contribution in [2.24, 2.45) is 0 Å². The Labute approximate surface area is 138 Å². The van der Waals surface area contributed by atoms with Crippen LogP contribution in [0.1, 0.15) is 34.5 Å². The maximum atomic E-state index is 14.8. The molecular weight excluding hydrogens is 321 g/mol. The maximum Gasteiger partial charge on any atom is 0.199 e. The minimum Gasteiger partial charge on any atom is -0.487 e. The standard InChI is InChI=1S/C17H17ClFNO3/c1-10-8-11(9-20-10)17(21)15-13(18)2-3-14(16(15)19)23-12-4-6-22-7-5-12/h2-3,8-9,12,20H,4-7H2,1H3. The first-order valence-corrected chi connectivity index (χ1v) is 7.86. The molecule has 1 aliphatic heterocycles. The van der Waals surface area contributed by atoms with E-state index in [9.17, 15) is 9.18 Å². The van der Waals surface area contributed by atoms with Crippen molar-refractivity contribution in [3.63, 3.8) is 0 Å². The van der Waals surface area contributed by atoms with Gasteiger partial charge in [0, 0.05) is 30.3 Å². The molecule has 2 heterocycles. The van der Waals surface area contributed by atoms with Crippen LogP contribution in [-0.2, 0) is 4.74 Å². The number of ether oxygens (including phenoxy) is 2. The molecule has 0 bridgehead atoms. The Morgan fingerprint density at radius 1 is 1.39 bits per heavy atom. The third-order valence-corrected chi connectivity index (χ3v) is 4.15. The topological polar surface area (TPSA) is 51.3 Å². The number of carbonyl (C=O) groups is 1. The molecule has 0 spiro atoms. The van der Waals surface area contributed by atoms with Crippen LogP contribution < -0.4 is 4.74 Å². The van der Waals surface area contributed by atoms with E-state index in [0.29, 0.717) is 31.6 Å². The third-order valence-electron chi connectivity index (χ3n) is 3.83. The fourth-order valence-corrected chi connectivity index (χ4v) is 2.82. The highest BCUT2D eigenvalue weighted by Gasteiger charge is 2.24. The molecule has 2 aromatic rings. The smallest absolute Gasteiger partial charge is 0.199 e. The Hall–Kier alpha value is -1.85. The second-order valence-corrected chi connectivity index (χ2v) is 5.97. The average molecular weight is 338 g/mol. The van der Waals surface area contributed by atoms with E-state index >= 15 is 0 Å². The van der Waals surface area contributed by atoms with Crippen molar-refractivity contribution >= 4 is 17.4 Å². The molecule has 0 saturated carbocycles. The van der Waals surface area contributed by atoms with E-state index in [-0.39, 0.29) is 22.4 Å². The van der Waals surface area contributed by atoms with Gasteiger partial charge in [-0.3, -0.25) is 4.79 Å². The Balaban J connectivity index is 1.90. The lowest BCUT2D eigenvalue weighted by Crippen LogP contribution is -2.26. The molecule has 4 nitrogen and oxygen atoms in total.